The fourth-order valence-electron chi connectivity index (χ4n) is 8.44. The Morgan fingerprint density at radius 1 is 1.21 bits per heavy atom. The Kier molecular flexibility index (Phi) is 4.71. The lowest BCUT2D eigenvalue weighted by Crippen LogP contribution is -2.57. The molecule has 180 valence electrons. The number of rotatable bonds is 2. The van der Waals surface area contributed by atoms with E-state index < -0.39 is 5.92 Å². The number of H-pyrrole nitrogens is 1. The summed E-state index contributed by atoms with van der Waals surface area (Å²) < 4.78 is 0. The Morgan fingerprint density at radius 2 is 2.03 bits per heavy atom. The van der Waals surface area contributed by atoms with E-state index in [-0.39, 0.29) is 23.2 Å². The number of allylic oxidation sites excluding steroid dienone is 2. The fraction of sp³-hybridized carbons (Fsp3) is 0.654. The lowest BCUT2D eigenvalue weighted by Gasteiger charge is -2.59. The third kappa shape index (κ3) is 2.99. The molecule has 0 radical (unpaired) electrons. The molecule has 2 aromatic heterocycles. The monoisotopic (exact) mass is 462 g/mol. The molecule has 3 aliphatic carbocycles. The number of hydrogen-bond acceptors (Lipinski definition) is 5. The van der Waals surface area contributed by atoms with Gasteiger partial charge in [0.25, 0.3) is 0 Å². The normalized spacial score (nSPS) is 37.4. The molecule has 1 unspecified atom stereocenters. The van der Waals surface area contributed by atoms with Crippen LogP contribution in [-0.2, 0) is 9.59 Å². The maximum absolute atomic E-state index is 13.4. The molecular weight excluding hydrogens is 428 g/mol. The van der Waals surface area contributed by atoms with Crippen LogP contribution in [0.5, 0.6) is 0 Å². The van der Waals surface area contributed by atoms with Crippen molar-refractivity contribution in [3.05, 3.63) is 23.8 Å². The minimum Gasteiger partial charge on any atom is -0.342 e. The molecule has 6 rings (SSSR count). The van der Waals surface area contributed by atoms with Crippen LogP contribution in [0.2, 0.25) is 0 Å². The minimum absolute atomic E-state index is 0.134. The van der Waals surface area contributed by atoms with Crippen molar-refractivity contribution in [3.8, 4) is 0 Å². The van der Waals surface area contributed by atoms with Crippen LogP contribution < -0.4 is 5.32 Å². The molecule has 2 N–H and O–H groups in total. The second-order valence-corrected chi connectivity index (χ2v) is 11.7. The number of carbonyl (C=O) groups excluding carboxylic acids is 2. The molecule has 0 spiro atoms. The van der Waals surface area contributed by atoms with Crippen LogP contribution in [0.1, 0.15) is 65.7 Å². The summed E-state index contributed by atoms with van der Waals surface area (Å²) in [5, 5.41) is 2.80. The van der Waals surface area contributed by atoms with Crippen molar-refractivity contribution in [2.75, 3.05) is 12.4 Å². The van der Waals surface area contributed by atoms with Crippen molar-refractivity contribution < 1.29 is 9.59 Å². The molecule has 34 heavy (non-hydrogen) atoms. The van der Waals surface area contributed by atoms with Crippen molar-refractivity contribution in [2.24, 2.45) is 34.5 Å². The highest BCUT2D eigenvalue weighted by Gasteiger charge is 2.60. The third-order valence-electron chi connectivity index (χ3n) is 9.84. The zero-order valence-electron chi connectivity index (χ0n) is 20.5. The fourth-order valence-corrected chi connectivity index (χ4v) is 8.44. The molecule has 1 aliphatic heterocycles. The lowest BCUT2D eigenvalue weighted by molar-refractivity contribution is -0.147. The molecule has 8 heteroatoms. The van der Waals surface area contributed by atoms with Crippen molar-refractivity contribution >= 4 is 28.9 Å². The van der Waals surface area contributed by atoms with Gasteiger partial charge >= 0.3 is 0 Å². The summed E-state index contributed by atoms with van der Waals surface area (Å²) in [4.78, 5) is 44.3. The second-order valence-electron chi connectivity index (χ2n) is 11.7. The first-order valence-electron chi connectivity index (χ1n) is 12.7. The van der Waals surface area contributed by atoms with E-state index in [1.54, 1.807) is 17.4 Å². The summed E-state index contributed by atoms with van der Waals surface area (Å²) in [5.41, 5.74) is 3.97. The van der Waals surface area contributed by atoms with E-state index in [1.807, 2.05) is 7.05 Å². The van der Waals surface area contributed by atoms with Crippen LogP contribution in [0.15, 0.2) is 23.8 Å². The number of hydrogen-bond donors (Lipinski definition) is 2. The van der Waals surface area contributed by atoms with Crippen LogP contribution in [0.25, 0.3) is 11.2 Å². The van der Waals surface area contributed by atoms with Gasteiger partial charge in [0.05, 0.1) is 12.5 Å². The average molecular weight is 463 g/mol. The molecule has 2 amide bonds. The highest BCUT2D eigenvalue weighted by molar-refractivity contribution is 6.07. The number of carbonyl (C=O) groups is 2. The maximum atomic E-state index is 13.4. The number of piperidine rings is 1. The van der Waals surface area contributed by atoms with Crippen molar-refractivity contribution in [1.29, 1.82) is 0 Å². The summed E-state index contributed by atoms with van der Waals surface area (Å²) >= 11 is 0. The lowest BCUT2D eigenvalue weighted by atomic mass is 9.48. The number of aromatic nitrogens is 4. The van der Waals surface area contributed by atoms with Gasteiger partial charge in [-0.3, -0.25) is 14.9 Å². The van der Waals surface area contributed by atoms with Crippen LogP contribution in [0.3, 0.4) is 0 Å². The Balaban J connectivity index is 1.32. The summed E-state index contributed by atoms with van der Waals surface area (Å²) in [6, 6.07) is 0. The van der Waals surface area contributed by atoms with Gasteiger partial charge in [0.15, 0.2) is 5.65 Å². The standard InChI is InChI=1S/C26H34N6O2/c1-14-10-15-17-6-5-8-25(17,2)9-7-18(15)26(3)11-16(23(34)32(4)20(14)26)22(33)31-24-27-12-19-21(30-24)29-13-28-19/h12-13,15-18H,5-11H2,1-4H3,(H2,27,28,29,30,31,33)/t15-,16?,17-,18+,25-,26+/m0/s1. The average Bonchev–Trinajstić information content (AvgIpc) is 3.42. The number of nitrogens with zero attached hydrogens (tertiary/aromatic N) is 4. The first-order valence-corrected chi connectivity index (χ1v) is 12.7. The van der Waals surface area contributed by atoms with Crippen LogP contribution >= 0.6 is 0 Å². The quantitative estimate of drug-likeness (QED) is 0.648. The van der Waals surface area contributed by atoms with Crippen LogP contribution in [-0.4, -0.2) is 43.7 Å². The number of aromatic amines is 1. The largest absolute Gasteiger partial charge is 0.342 e. The predicted molar refractivity (Wildman–Crippen MR) is 128 cm³/mol. The molecule has 8 nitrogen and oxygen atoms in total. The van der Waals surface area contributed by atoms with Crippen LogP contribution in [0.4, 0.5) is 5.95 Å². The summed E-state index contributed by atoms with van der Waals surface area (Å²) in [7, 11) is 1.86. The number of nitrogens with one attached hydrogen (secondary N) is 2. The summed E-state index contributed by atoms with van der Waals surface area (Å²) in [6.45, 7) is 7.03. The van der Waals surface area contributed by atoms with E-state index >= 15 is 0 Å². The van der Waals surface area contributed by atoms with Gasteiger partial charge in [0, 0.05) is 18.2 Å². The van der Waals surface area contributed by atoms with Gasteiger partial charge < -0.3 is 9.88 Å². The molecular formula is C26H34N6O2. The third-order valence-corrected chi connectivity index (χ3v) is 9.84. The molecule has 4 aliphatic rings. The van der Waals surface area contributed by atoms with Gasteiger partial charge in [-0.1, -0.05) is 25.8 Å². The van der Waals surface area contributed by atoms with E-state index in [1.165, 1.54) is 43.4 Å². The van der Waals surface area contributed by atoms with Gasteiger partial charge in [0.2, 0.25) is 17.8 Å². The van der Waals surface area contributed by atoms with Gasteiger partial charge in [-0.2, -0.15) is 4.98 Å². The van der Waals surface area contributed by atoms with E-state index in [9.17, 15) is 9.59 Å². The SMILES string of the molecule is CC1=C2N(C)C(=O)C(C(=O)Nc3ncc4[nH]cnc4n3)C[C@]2(C)[C@@H]2CC[C@]3(C)CCC[C@H]3[C@@H]2C1. The maximum Gasteiger partial charge on any atom is 0.239 e. The van der Waals surface area contributed by atoms with Gasteiger partial charge in [-0.05, 0) is 68.6 Å². The van der Waals surface area contributed by atoms with Gasteiger partial charge in [-0.15, -0.1) is 0 Å². The molecule has 0 bridgehead atoms. The Morgan fingerprint density at radius 3 is 2.85 bits per heavy atom. The predicted octanol–water partition coefficient (Wildman–Crippen LogP) is 4.29. The molecule has 2 saturated carbocycles. The van der Waals surface area contributed by atoms with Gasteiger partial charge in [0.1, 0.15) is 11.4 Å². The zero-order chi connectivity index (χ0) is 23.8. The minimum atomic E-state index is -0.749. The van der Waals surface area contributed by atoms with Crippen LogP contribution in [0, 0.1) is 34.5 Å². The Labute approximate surface area is 200 Å². The summed E-state index contributed by atoms with van der Waals surface area (Å²) in [6.07, 6.45) is 11.2. The Hall–Kier alpha value is -2.77. The molecule has 6 atom stereocenters. The van der Waals surface area contributed by atoms with E-state index in [4.69, 9.17) is 0 Å². The molecule has 3 fully saturated rings. The first kappa shape index (κ1) is 21.7. The first-order chi connectivity index (χ1) is 16.2. The smallest absolute Gasteiger partial charge is 0.239 e. The molecule has 3 heterocycles. The van der Waals surface area contributed by atoms with E-state index in [2.05, 4.69) is 46.0 Å². The van der Waals surface area contributed by atoms with Crippen molar-refractivity contribution in [3.63, 3.8) is 0 Å². The second kappa shape index (κ2) is 7.36. The van der Waals surface area contributed by atoms with E-state index in [0.29, 0.717) is 34.8 Å². The van der Waals surface area contributed by atoms with Gasteiger partial charge in [-0.25, -0.2) is 9.97 Å². The Bertz CT molecular complexity index is 1220. The molecule has 2 aromatic rings. The highest BCUT2D eigenvalue weighted by Crippen LogP contribution is 2.65. The number of fused-ring (bicyclic) bond motifs is 6. The van der Waals surface area contributed by atoms with Crippen molar-refractivity contribution in [1.82, 2.24) is 24.8 Å². The number of imidazole rings is 1. The molecule has 0 aromatic carbocycles. The summed E-state index contributed by atoms with van der Waals surface area (Å²) in [5.74, 6) is 0.877. The molecule has 1 saturated heterocycles. The number of likely N-dealkylation sites (tertiary alicyclic amines) is 1. The van der Waals surface area contributed by atoms with Crippen molar-refractivity contribution in [2.45, 2.75) is 65.7 Å². The number of anilines is 1. The topological polar surface area (TPSA) is 104 Å². The van der Waals surface area contributed by atoms with E-state index in [0.717, 1.165) is 12.3 Å². The highest BCUT2D eigenvalue weighted by atomic mass is 16.2. The zero-order valence-corrected chi connectivity index (χ0v) is 20.5. The number of amides is 2.